The summed E-state index contributed by atoms with van der Waals surface area (Å²) < 4.78 is 34.2. The number of halogens is 2. The Morgan fingerprint density at radius 1 is 1.13 bits per heavy atom. The van der Waals surface area contributed by atoms with E-state index in [1.54, 1.807) is 6.92 Å². The Balaban J connectivity index is 1.43. The van der Waals surface area contributed by atoms with E-state index in [2.05, 4.69) is 15.4 Å². The molecule has 1 atom stereocenters. The van der Waals surface area contributed by atoms with Gasteiger partial charge in [-0.1, -0.05) is 0 Å². The molecule has 0 spiro atoms. The molecule has 0 bridgehead atoms. The van der Waals surface area contributed by atoms with Crippen LogP contribution in [0.5, 0.6) is 5.75 Å². The molecule has 0 saturated carbocycles. The number of aryl methyl sites for hydroxylation is 1. The molecule has 2 heterocycles. The molecule has 1 unspecified atom stereocenters. The van der Waals surface area contributed by atoms with Gasteiger partial charge >= 0.3 is 0 Å². The molecule has 0 radical (unpaired) electrons. The van der Waals surface area contributed by atoms with Crippen LogP contribution in [0.15, 0.2) is 42.7 Å². The molecule has 31 heavy (non-hydrogen) atoms. The lowest BCUT2D eigenvalue weighted by molar-refractivity contribution is -0.0163. The van der Waals surface area contributed by atoms with E-state index in [-0.39, 0.29) is 6.10 Å². The fourth-order valence-corrected chi connectivity index (χ4v) is 3.65. The molecule has 0 aliphatic carbocycles. The maximum Gasteiger partial charge on any atom is 0.246 e. The summed E-state index contributed by atoms with van der Waals surface area (Å²) in [6, 6.07) is 9.34. The standard InChI is InChI=1S/C22H25F2N5O2/c1-14-9-16(11-19(10-14)31-18-5-7-28(8-6-18)15(2)30)26-22-25-13-29(27-22)17-3-4-20(23)21(24)12-17/h3-4,9-13,15,18,30H,5-8H2,1-2H3,(H,26,27). The number of likely N-dealkylation sites (tertiary alicyclic amines) is 1. The number of nitrogens with one attached hydrogen (secondary N) is 1. The van der Waals surface area contributed by atoms with Gasteiger partial charge in [-0.25, -0.2) is 13.5 Å². The topological polar surface area (TPSA) is 75.4 Å². The number of anilines is 2. The van der Waals surface area contributed by atoms with Gasteiger partial charge in [0.2, 0.25) is 5.95 Å². The van der Waals surface area contributed by atoms with E-state index in [0.29, 0.717) is 11.6 Å². The number of aliphatic hydroxyl groups is 1. The minimum Gasteiger partial charge on any atom is -0.490 e. The average Bonchev–Trinajstić information content (AvgIpc) is 3.18. The van der Waals surface area contributed by atoms with Crippen molar-refractivity contribution in [3.05, 3.63) is 59.9 Å². The van der Waals surface area contributed by atoms with Crippen molar-refractivity contribution in [1.29, 1.82) is 0 Å². The molecule has 2 N–H and O–H groups in total. The molecular weight excluding hydrogens is 404 g/mol. The quantitative estimate of drug-likeness (QED) is 0.621. The van der Waals surface area contributed by atoms with Crippen LogP contribution in [0.1, 0.15) is 25.3 Å². The van der Waals surface area contributed by atoms with Crippen molar-refractivity contribution in [2.75, 3.05) is 18.4 Å². The Hall–Kier alpha value is -3.04. The smallest absolute Gasteiger partial charge is 0.246 e. The van der Waals surface area contributed by atoms with Gasteiger partial charge in [-0.3, -0.25) is 4.90 Å². The first-order chi connectivity index (χ1) is 14.9. The van der Waals surface area contributed by atoms with Crippen molar-refractivity contribution in [1.82, 2.24) is 19.7 Å². The third-order valence-corrected chi connectivity index (χ3v) is 5.27. The summed E-state index contributed by atoms with van der Waals surface area (Å²) >= 11 is 0. The zero-order chi connectivity index (χ0) is 22.0. The second kappa shape index (κ2) is 8.99. The number of benzene rings is 2. The highest BCUT2D eigenvalue weighted by Crippen LogP contribution is 2.26. The molecule has 164 valence electrons. The van der Waals surface area contributed by atoms with Gasteiger partial charge in [0.25, 0.3) is 0 Å². The average molecular weight is 429 g/mol. The van der Waals surface area contributed by atoms with E-state index in [1.165, 1.54) is 17.1 Å². The molecule has 1 aliphatic heterocycles. The summed E-state index contributed by atoms with van der Waals surface area (Å²) in [5.74, 6) is -0.780. The van der Waals surface area contributed by atoms with Crippen LogP contribution in [-0.2, 0) is 0 Å². The fourth-order valence-electron chi connectivity index (χ4n) is 3.65. The Labute approximate surface area is 179 Å². The van der Waals surface area contributed by atoms with Crippen molar-refractivity contribution in [2.24, 2.45) is 0 Å². The largest absolute Gasteiger partial charge is 0.490 e. The zero-order valence-electron chi connectivity index (χ0n) is 17.4. The monoisotopic (exact) mass is 429 g/mol. The second-order valence-corrected chi connectivity index (χ2v) is 7.76. The molecule has 7 nitrogen and oxygen atoms in total. The Morgan fingerprint density at radius 2 is 1.90 bits per heavy atom. The number of aliphatic hydroxyl groups excluding tert-OH is 1. The number of nitrogens with zero attached hydrogens (tertiary/aromatic N) is 4. The van der Waals surface area contributed by atoms with E-state index < -0.39 is 17.9 Å². The molecule has 0 amide bonds. The molecule has 9 heteroatoms. The van der Waals surface area contributed by atoms with Crippen molar-refractivity contribution in [3.63, 3.8) is 0 Å². The molecule has 1 fully saturated rings. The highest BCUT2D eigenvalue weighted by atomic mass is 19.2. The molecular formula is C22H25F2N5O2. The SMILES string of the molecule is Cc1cc(Nc2ncn(-c3ccc(F)c(F)c3)n2)cc(OC2CCN(C(C)O)CC2)c1. The van der Waals surface area contributed by atoms with Crippen LogP contribution < -0.4 is 10.1 Å². The zero-order valence-corrected chi connectivity index (χ0v) is 17.4. The summed E-state index contributed by atoms with van der Waals surface area (Å²) in [7, 11) is 0. The van der Waals surface area contributed by atoms with Crippen molar-refractivity contribution >= 4 is 11.6 Å². The van der Waals surface area contributed by atoms with Gasteiger partial charge in [0.05, 0.1) is 5.69 Å². The highest BCUT2D eigenvalue weighted by molar-refractivity contribution is 5.57. The predicted molar refractivity (Wildman–Crippen MR) is 113 cm³/mol. The van der Waals surface area contributed by atoms with Gasteiger partial charge in [0.15, 0.2) is 11.6 Å². The highest BCUT2D eigenvalue weighted by Gasteiger charge is 2.23. The summed E-state index contributed by atoms with van der Waals surface area (Å²) in [6.45, 7) is 5.35. The van der Waals surface area contributed by atoms with Crippen LogP contribution in [0.2, 0.25) is 0 Å². The summed E-state index contributed by atoms with van der Waals surface area (Å²) in [5, 5.41) is 17.1. The van der Waals surface area contributed by atoms with Gasteiger partial charge in [-0.2, -0.15) is 4.98 Å². The third kappa shape index (κ3) is 5.18. The molecule has 4 rings (SSSR count). The molecule has 1 saturated heterocycles. The lowest BCUT2D eigenvalue weighted by Crippen LogP contribution is -2.42. The van der Waals surface area contributed by atoms with E-state index in [4.69, 9.17) is 4.74 Å². The minimum atomic E-state index is -0.942. The normalized spacial score (nSPS) is 16.3. The Kier molecular flexibility index (Phi) is 6.15. The second-order valence-electron chi connectivity index (χ2n) is 7.76. The minimum absolute atomic E-state index is 0.0929. The third-order valence-electron chi connectivity index (χ3n) is 5.27. The van der Waals surface area contributed by atoms with Crippen LogP contribution >= 0.6 is 0 Å². The van der Waals surface area contributed by atoms with Gasteiger partial charge in [0, 0.05) is 30.9 Å². The predicted octanol–water partition coefficient (Wildman–Crippen LogP) is 3.78. The summed E-state index contributed by atoms with van der Waals surface area (Å²) in [4.78, 5) is 6.22. The van der Waals surface area contributed by atoms with Gasteiger partial charge < -0.3 is 15.2 Å². The van der Waals surface area contributed by atoms with E-state index >= 15 is 0 Å². The maximum absolute atomic E-state index is 13.5. The number of hydrogen-bond donors (Lipinski definition) is 2. The van der Waals surface area contributed by atoms with Crippen molar-refractivity contribution in [2.45, 2.75) is 39.0 Å². The molecule has 2 aromatic carbocycles. The first-order valence-corrected chi connectivity index (χ1v) is 10.2. The van der Waals surface area contributed by atoms with Gasteiger partial charge in [0.1, 0.15) is 24.4 Å². The molecule has 1 aliphatic rings. The Morgan fingerprint density at radius 3 is 2.61 bits per heavy atom. The maximum atomic E-state index is 13.5. The summed E-state index contributed by atoms with van der Waals surface area (Å²) in [5.41, 5.74) is 2.15. The van der Waals surface area contributed by atoms with Crippen LogP contribution in [-0.4, -0.2) is 50.2 Å². The number of rotatable bonds is 6. The van der Waals surface area contributed by atoms with Crippen molar-refractivity contribution in [3.8, 4) is 11.4 Å². The van der Waals surface area contributed by atoms with E-state index in [9.17, 15) is 13.9 Å². The molecule has 1 aromatic heterocycles. The van der Waals surface area contributed by atoms with Gasteiger partial charge in [-0.05, 0) is 56.5 Å². The number of piperidine rings is 1. The van der Waals surface area contributed by atoms with Crippen LogP contribution in [0, 0.1) is 18.6 Å². The van der Waals surface area contributed by atoms with E-state index in [0.717, 1.165) is 55.1 Å². The van der Waals surface area contributed by atoms with Gasteiger partial charge in [-0.15, -0.1) is 5.10 Å². The van der Waals surface area contributed by atoms with E-state index in [1.807, 2.05) is 30.0 Å². The van der Waals surface area contributed by atoms with Crippen molar-refractivity contribution < 1.29 is 18.6 Å². The first-order valence-electron chi connectivity index (χ1n) is 10.2. The molecule has 3 aromatic rings. The van der Waals surface area contributed by atoms with Crippen LogP contribution in [0.4, 0.5) is 20.4 Å². The number of ether oxygens (including phenoxy) is 1. The lowest BCUT2D eigenvalue weighted by atomic mass is 10.1. The number of aromatic nitrogens is 3. The lowest BCUT2D eigenvalue weighted by Gasteiger charge is -2.33. The van der Waals surface area contributed by atoms with Crippen LogP contribution in [0.3, 0.4) is 0 Å². The summed E-state index contributed by atoms with van der Waals surface area (Å²) in [6.07, 6.45) is 2.78. The Bertz CT molecular complexity index is 1050. The number of hydrogen-bond acceptors (Lipinski definition) is 6. The fraction of sp³-hybridized carbons (Fsp3) is 0.364. The first kappa shape index (κ1) is 21.2. The van der Waals surface area contributed by atoms with Crippen LogP contribution in [0.25, 0.3) is 5.69 Å².